The fourth-order valence-corrected chi connectivity index (χ4v) is 3.32. The molecule has 0 spiro atoms. The zero-order valence-corrected chi connectivity index (χ0v) is 12.0. The maximum atomic E-state index is 11.7. The lowest BCUT2D eigenvalue weighted by molar-refractivity contribution is 0.311. The lowest BCUT2D eigenvalue weighted by Crippen LogP contribution is -2.47. The minimum atomic E-state index is -3.27. The quantitative estimate of drug-likeness (QED) is 0.876. The number of pyridine rings is 1. The van der Waals surface area contributed by atoms with Crippen LogP contribution in [0, 0.1) is 0 Å². The summed E-state index contributed by atoms with van der Waals surface area (Å²) in [5.41, 5.74) is 6.08. The minimum absolute atomic E-state index is 0.231. The van der Waals surface area contributed by atoms with E-state index in [1.807, 2.05) is 0 Å². The molecule has 106 valence electrons. The van der Waals surface area contributed by atoms with Gasteiger partial charge in [0.25, 0.3) is 0 Å². The van der Waals surface area contributed by atoms with Crippen molar-refractivity contribution in [1.82, 2.24) is 4.98 Å². The number of aromatic nitrogens is 1. The standard InChI is InChI=1S/C13H21N3O2S/c1-19(17,18)11-6-5-9-15-12(11)16-10-13(14)7-3-2-4-8-13/h5-6,9H,2-4,7-8,10,14H2,1H3,(H,15,16). The Morgan fingerprint density at radius 2 is 2.05 bits per heavy atom. The van der Waals surface area contributed by atoms with Gasteiger partial charge in [-0.05, 0) is 25.0 Å². The molecule has 1 aliphatic rings. The molecule has 3 N–H and O–H groups in total. The first-order valence-corrected chi connectivity index (χ1v) is 8.48. The van der Waals surface area contributed by atoms with Crippen molar-refractivity contribution in [3.63, 3.8) is 0 Å². The normalized spacial score (nSPS) is 19.1. The number of hydrogen-bond donors (Lipinski definition) is 2. The van der Waals surface area contributed by atoms with Crippen molar-refractivity contribution in [2.75, 3.05) is 18.1 Å². The van der Waals surface area contributed by atoms with Crippen LogP contribution in [-0.2, 0) is 9.84 Å². The molecule has 0 saturated heterocycles. The average molecular weight is 283 g/mol. The molecule has 1 aromatic heterocycles. The number of hydrogen-bond acceptors (Lipinski definition) is 5. The zero-order chi connectivity index (χ0) is 13.9. The van der Waals surface area contributed by atoms with Crippen molar-refractivity contribution in [3.05, 3.63) is 18.3 Å². The summed E-state index contributed by atoms with van der Waals surface area (Å²) in [6, 6.07) is 3.19. The van der Waals surface area contributed by atoms with Crippen molar-refractivity contribution in [1.29, 1.82) is 0 Å². The summed E-state index contributed by atoms with van der Waals surface area (Å²) in [7, 11) is -3.27. The van der Waals surface area contributed by atoms with Gasteiger partial charge in [-0.15, -0.1) is 0 Å². The summed E-state index contributed by atoms with van der Waals surface area (Å²) in [5, 5.41) is 3.11. The van der Waals surface area contributed by atoms with Gasteiger partial charge in [0.2, 0.25) is 0 Å². The number of rotatable bonds is 4. The maximum Gasteiger partial charge on any atom is 0.179 e. The van der Waals surface area contributed by atoms with Crippen molar-refractivity contribution >= 4 is 15.7 Å². The molecule has 0 amide bonds. The molecule has 2 rings (SSSR count). The van der Waals surface area contributed by atoms with Crippen LogP contribution in [0.25, 0.3) is 0 Å². The van der Waals surface area contributed by atoms with Gasteiger partial charge in [-0.1, -0.05) is 19.3 Å². The number of sulfone groups is 1. The first kappa shape index (κ1) is 14.3. The van der Waals surface area contributed by atoms with E-state index in [0.717, 1.165) is 25.7 Å². The smallest absolute Gasteiger partial charge is 0.179 e. The Labute approximate surface area is 114 Å². The minimum Gasteiger partial charge on any atom is -0.367 e. The van der Waals surface area contributed by atoms with Crippen molar-refractivity contribution in [3.8, 4) is 0 Å². The molecule has 0 aliphatic heterocycles. The van der Waals surface area contributed by atoms with Crippen molar-refractivity contribution in [2.45, 2.75) is 42.5 Å². The molecule has 0 unspecified atom stereocenters. The number of nitrogens with one attached hydrogen (secondary N) is 1. The van der Waals surface area contributed by atoms with Crippen LogP contribution in [0.3, 0.4) is 0 Å². The van der Waals surface area contributed by atoms with E-state index in [1.54, 1.807) is 18.3 Å². The molecule has 19 heavy (non-hydrogen) atoms. The van der Waals surface area contributed by atoms with E-state index in [0.29, 0.717) is 12.4 Å². The van der Waals surface area contributed by atoms with Crippen molar-refractivity contribution < 1.29 is 8.42 Å². The van der Waals surface area contributed by atoms with E-state index >= 15 is 0 Å². The van der Waals surface area contributed by atoms with Gasteiger partial charge in [0.15, 0.2) is 9.84 Å². The number of nitrogens with zero attached hydrogens (tertiary/aromatic N) is 1. The van der Waals surface area contributed by atoms with Gasteiger partial charge in [0.1, 0.15) is 10.7 Å². The molecule has 0 atom stereocenters. The van der Waals surface area contributed by atoms with Crippen LogP contribution >= 0.6 is 0 Å². The number of nitrogens with two attached hydrogens (primary N) is 1. The molecule has 1 aliphatic carbocycles. The third-order valence-electron chi connectivity index (χ3n) is 3.63. The van der Waals surface area contributed by atoms with E-state index in [1.165, 1.54) is 12.7 Å². The fraction of sp³-hybridized carbons (Fsp3) is 0.615. The maximum absolute atomic E-state index is 11.7. The molecule has 0 radical (unpaired) electrons. The van der Waals surface area contributed by atoms with Crippen LogP contribution < -0.4 is 11.1 Å². The van der Waals surface area contributed by atoms with Crippen LogP contribution in [0.15, 0.2) is 23.2 Å². The highest BCUT2D eigenvalue weighted by atomic mass is 32.2. The number of anilines is 1. The van der Waals surface area contributed by atoms with Crippen LogP contribution in [0.5, 0.6) is 0 Å². The lowest BCUT2D eigenvalue weighted by atomic mass is 9.82. The van der Waals surface area contributed by atoms with Gasteiger partial charge in [0, 0.05) is 24.5 Å². The molecule has 6 heteroatoms. The Morgan fingerprint density at radius 1 is 1.37 bits per heavy atom. The van der Waals surface area contributed by atoms with Crippen LogP contribution in [0.4, 0.5) is 5.82 Å². The highest BCUT2D eigenvalue weighted by molar-refractivity contribution is 7.90. The van der Waals surface area contributed by atoms with Crippen LogP contribution in [0.1, 0.15) is 32.1 Å². The largest absolute Gasteiger partial charge is 0.367 e. The van der Waals surface area contributed by atoms with E-state index < -0.39 is 9.84 Å². The highest BCUT2D eigenvalue weighted by Gasteiger charge is 2.27. The third kappa shape index (κ3) is 3.67. The topological polar surface area (TPSA) is 85.1 Å². The molecule has 1 aromatic rings. The molecule has 1 heterocycles. The molecule has 1 fully saturated rings. The van der Waals surface area contributed by atoms with Crippen LogP contribution in [-0.4, -0.2) is 31.7 Å². The predicted molar refractivity (Wildman–Crippen MR) is 75.8 cm³/mol. The van der Waals surface area contributed by atoms with E-state index in [4.69, 9.17) is 5.73 Å². The second-order valence-electron chi connectivity index (χ2n) is 5.40. The van der Waals surface area contributed by atoms with E-state index in [2.05, 4.69) is 10.3 Å². The first-order chi connectivity index (χ1) is 8.91. The Kier molecular flexibility index (Phi) is 4.10. The summed E-state index contributed by atoms with van der Waals surface area (Å²) in [6.45, 7) is 0.562. The average Bonchev–Trinajstić information content (AvgIpc) is 2.37. The van der Waals surface area contributed by atoms with E-state index in [9.17, 15) is 8.42 Å². The van der Waals surface area contributed by atoms with Crippen molar-refractivity contribution in [2.24, 2.45) is 5.73 Å². The Morgan fingerprint density at radius 3 is 2.68 bits per heavy atom. The molecule has 1 saturated carbocycles. The SMILES string of the molecule is CS(=O)(=O)c1cccnc1NCC1(N)CCCCC1. The summed E-state index contributed by atoms with van der Waals surface area (Å²) in [5.74, 6) is 0.403. The predicted octanol–water partition coefficient (Wildman–Crippen LogP) is 1.56. The van der Waals surface area contributed by atoms with E-state index in [-0.39, 0.29) is 10.4 Å². The fourth-order valence-electron chi connectivity index (χ4n) is 2.51. The highest BCUT2D eigenvalue weighted by Crippen LogP contribution is 2.27. The van der Waals surface area contributed by atoms with Crippen LogP contribution in [0.2, 0.25) is 0 Å². The Bertz CT molecular complexity index is 537. The monoisotopic (exact) mass is 283 g/mol. The van der Waals surface area contributed by atoms with Gasteiger partial charge in [0.05, 0.1) is 0 Å². The molecule has 5 nitrogen and oxygen atoms in total. The lowest BCUT2D eigenvalue weighted by Gasteiger charge is -2.33. The van der Waals surface area contributed by atoms with Gasteiger partial charge in [-0.3, -0.25) is 0 Å². The van der Waals surface area contributed by atoms with Gasteiger partial charge in [-0.25, -0.2) is 13.4 Å². The summed E-state index contributed by atoms with van der Waals surface area (Å²) in [4.78, 5) is 4.35. The molecular weight excluding hydrogens is 262 g/mol. The summed E-state index contributed by atoms with van der Waals surface area (Å²) in [6.07, 6.45) is 8.23. The van der Waals surface area contributed by atoms with Gasteiger partial charge >= 0.3 is 0 Å². The summed E-state index contributed by atoms with van der Waals surface area (Å²) < 4.78 is 23.3. The Balaban J connectivity index is 2.12. The Hall–Kier alpha value is -1.14. The summed E-state index contributed by atoms with van der Waals surface area (Å²) >= 11 is 0. The third-order valence-corrected chi connectivity index (χ3v) is 4.76. The second-order valence-corrected chi connectivity index (χ2v) is 7.38. The molecule has 0 aromatic carbocycles. The first-order valence-electron chi connectivity index (χ1n) is 6.59. The van der Waals surface area contributed by atoms with Gasteiger partial charge < -0.3 is 11.1 Å². The molecular formula is C13H21N3O2S. The second kappa shape index (κ2) is 5.46. The molecule has 0 bridgehead atoms. The van der Waals surface area contributed by atoms with Gasteiger partial charge in [-0.2, -0.15) is 0 Å². The zero-order valence-electron chi connectivity index (χ0n) is 11.2.